The fraction of sp³-hybridized carbons (Fsp3) is 0.520. The minimum Gasteiger partial charge on any atom is -0.389 e. The molecule has 1 fully saturated rings. The van der Waals surface area contributed by atoms with E-state index in [4.69, 9.17) is 0 Å². The van der Waals surface area contributed by atoms with Gasteiger partial charge in [0.2, 0.25) is 0 Å². The van der Waals surface area contributed by atoms with Gasteiger partial charge in [-0.3, -0.25) is 4.90 Å². The Labute approximate surface area is 175 Å². The van der Waals surface area contributed by atoms with Gasteiger partial charge < -0.3 is 5.11 Å². The number of piperidine rings is 1. The second-order valence-corrected chi connectivity index (χ2v) is 9.92. The summed E-state index contributed by atoms with van der Waals surface area (Å²) >= 11 is 0. The third kappa shape index (κ3) is 2.93. The quantitative estimate of drug-likeness (QED) is 0.654. The first-order valence-corrected chi connectivity index (χ1v) is 10.5. The largest absolute Gasteiger partial charge is 0.389 e. The topological polar surface area (TPSA) is 23.5 Å². The Morgan fingerprint density at radius 2 is 1.64 bits per heavy atom. The highest BCUT2D eigenvalue weighted by atomic mass is 35.5. The van der Waals surface area contributed by atoms with Gasteiger partial charge in [-0.15, -0.1) is 12.4 Å². The predicted octanol–water partition coefficient (Wildman–Crippen LogP) is 5.27. The summed E-state index contributed by atoms with van der Waals surface area (Å²) in [5.41, 5.74) is 6.94. The normalized spacial score (nSPS) is 29.0. The number of aliphatic hydroxyl groups is 1. The Hall–Kier alpha value is -1.35. The molecule has 150 valence electrons. The summed E-state index contributed by atoms with van der Waals surface area (Å²) in [7, 11) is 0. The van der Waals surface area contributed by atoms with Gasteiger partial charge in [0.25, 0.3) is 0 Å². The molecule has 28 heavy (non-hydrogen) atoms. The monoisotopic (exact) mass is 397 g/mol. The molecule has 1 unspecified atom stereocenters. The lowest BCUT2D eigenvalue weighted by atomic mass is 9.66. The van der Waals surface area contributed by atoms with Crippen LogP contribution in [0.2, 0.25) is 0 Å². The van der Waals surface area contributed by atoms with Crippen LogP contribution in [0.5, 0.6) is 0 Å². The third-order valence-corrected chi connectivity index (χ3v) is 7.63. The van der Waals surface area contributed by atoms with Crippen LogP contribution in [-0.4, -0.2) is 28.7 Å². The van der Waals surface area contributed by atoms with E-state index in [0.29, 0.717) is 12.0 Å². The number of nitrogens with zero attached hydrogens (tertiary/aromatic N) is 1. The smallest absolute Gasteiger partial charge is 0.0726 e. The molecule has 2 nitrogen and oxygen atoms in total. The van der Waals surface area contributed by atoms with Gasteiger partial charge in [-0.2, -0.15) is 0 Å². The average molecular weight is 398 g/mol. The van der Waals surface area contributed by atoms with Crippen LogP contribution in [0.3, 0.4) is 0 Å². The summed E-state index contributed by atoms with van der Waals surface area (Å²) in [5, 5.41) is 11.5. The molecule has 2 heterocycles. The molecule has 3 aliphatic rings. The van der Waals surface area contributed by atoms with E-state index in [9.17, 15) is 5.11 Å². The lowest BCUT2D eigenvalue weighted by molar-refractivity contribution is -0.119. The Bertz CT molecular complexity index is 886. The molecule has 0 radical (unpaired) electrons. The standard InChI is InChI=1S/C25H31NO.ClH/c1-24(2,3)25(27)13-14-26-16-21-19-9-5-4-7-17(19)11-12-18-8-6-10-20(23(18)21)22(26)15-25;/h4-10,21-22,27H,11-16H2,1-3H3;1H/t21?,22-,25-;/m0./s1. The fourth-order valence-electron chi connectivity index (χ4n) is 5.76. The predicted molar refractivity (Wildman–Crippen MR) is 117 cm³/mol. The Kier molecular flexibility index (Phi) is 4.89. The fourth-order valence-corrected chi connectivity index (χ4v) is 5.76. The summed E-state index contributed by atoms with van der Waals surface area (Å²) in [5.74, 6) is 0.479. The van der Waals surface area contributed by atoms with Crippen molar-refractivity contribution in [1.82, 2.24) is 4.90 Å². The Morgan fingerprint density at radius 1 is 0.964 bits per heavy atom. The lowest BCUT2D eigenvalue weighted by Crippen LogP contribution is -2.55. The molecule has 1 N–H and O–H groups in total. The van der Waals surface area contributed by atoms with Gasteiger partial charge >= 0.3 is 0 Å². The number of hydrogen-bond acceptors (Lipinski definition) is 2. The van der Waals surface area contributed by atoms with Crippen LogP contribution in [0, 0.1) is 5.41 Å². The van der Waals surface area contributed by atoms with Gasteiger partial charge in [0.05, 0.1) is 5.60 Å². The number of aryl methyl sites for hydroxylation is 2. The van der Waals surface area contributed by atoms with Crippen LogP contribution in [0.1, 0.15) is 73.4 Å². The van der Waals surface area contributed by atoms with E-state index >= 15 is 0 Å². The zero-order valence-electron chi connectivity index (χ0n) is 17.2. The third-order valence-electron chi connectivity index (χ3n) is 7.63. The van der Waals surface area contributed by atoms with Gasteiger partial charge in [-0.05, 0) is 58.9 Å². The molecule has 0 bridgehead atoms. The minimum atomic E-state index is -0.591. The van der Waals surface area contributed by atoms with E-state index in [-0.39, 0.29) is 17.8 Å². The molecule has 3 heteroatoms. The zero-order chi connectivity index (χ0) is 18.8. The van der Waals surface area contributed by atoms with Crippen LogP contribution < -0.4 is 0 Å². The van der Waals surface area contributed by atoms with E-state index in [2.05, 4.69) is 68.1 Å². The minimum absolute atomic E-state index is 0. The number of rotatable bonds is 0. The van der Waals surface area contributed by atoms with Gasteiger partial charge in [0, 0.05) is 25.0 Å². The maximum Gasteiger partial charge on any atom is 0.0726 e. The summed E-state index contributed by atoms with van der Waals surface area (Å²) in [6.45, 7) is 8.65. The van der Waals surface area contributed by atoms with Crippen molar-refractivity contribution in [3.8, 4) is 0 Å². The molecule has 0 amide bonds. The Morgan fingerprint density at radius 3 is 2.43 bits per heavy atom. The first kappa shape index (κ1) is 19.9. The van der Waals surface area contributed by atoms with Crippen molar-refractivity contribution < 1.29 is 5.11 Å². The summed E-state index contributed by atoms with van der Waals surface area (Å²) in [4.78, 5) is 2.65. The van der Waals surface area contributed by atoms with Crippen molar-refractivity contribution in [3.05, 3.63) is 70.3 Å². The number of fused-ring (bicyclic) bond motifs is 4. The highest BCUT2D eigenvalue weighted by Crippen LogP contribution is 2.51. The zero-order valence-corrected chi connectivity index (χ0v) is 18.1. The van der Waals surface area contributed by atoms with Crippen LogP contribution in [0.4, 0.5) is 0 Å². The first-order valence-electron chi connectivity index (χ1n) is 10.5. The molecule has 5 rings (SSSR count). The van der Waals surface area contributed by atoms with Crippen molar-refractivity contribution in [2.24, 2.45) is 5.41 Å². The number of benzene rings is 2. The molecule has 2 aromatic rings. The van der Waals surface area contributed by atoms with Crippen molar-refractivity contribution >= 4 is 12.4 Å². The van der Waals surface area contributed by atoms with E-state index in [0.717, 1.165) is 38.8 Å². The van der Waals surface area contributed by atoms with Crippen LogP contribution >= 0.6 is 12.4 Å². The maximum absolute atomic E-state index is 11.5. The van der Waals surface area contributed by atoms with Crippen molar-refractivity contribution in [2.75, 3.05) is 13.1 Å². The lowest BCUT2D eigenvalue weighted by Gasteiger charge is -2.53. The molecule has 1 aliphatic carbocycles. The molecule has 0 spiro atoms. The molecular weight excluding hydrogens is 366 g/mol. The molecule has 3 atom stereocenters. The van der Waals surface area contributed by atoms with E-state index in [1.54, 1.807) is 5.56 Å². The second-order valence-electron chi connectivity index (χ2n) is 9.92. The van der Waals surface area contributed by atoms with Crippen molar-refractivity contribution in [1.29, 1.82) is 0 Å². The van der Waals surface area contributed by atoms with Crippen LogP contribution in [-0.2, 0) is 12.8 Å². The van der Waals surface area contributed by atoms with Crippen LogP contribution in [0.15, 0.2) is 42.5 Å². The van der Waals surface area contributed by atoms with Crippen LogP contribution in [0.25, 0.3) is 0 Å². The molecule has 2 aromatic carbocycles. The molecule has 0 saturated carbocycles. The number of halogens is 1. The van der Waals surface area contributed by atoms with E-state index in [1.807, 2.05) is 0 Å². The average Bonchev–Trinajstić information content (AvgIpc) is 2.80. The van der Waals surface area contributed by atoms with Crippen molar-refractivity contribution in [3.63, 3.8) is 0 Å². The van der Waals surface area contributed by atoms with E-state index < -0.39 is 5.60 Å². The Balaban J connectivity index is 0.00000192. The summed E-state index contributed by atoms with van der Waals surface area (Å²) in [6, 6.07) is 16.3. The maximum atomic E-state index is 11.5. The first-order chi connectivity index (χ1) is 12.9. The highest BCUT2D eigenvalue weighted by molar-refractivity contribution is 5.85. The van der Waals surface area contributed by atoms with Crippen molar-refractivity contribution in [2.45, 2.75) is 64.0 Å². The molecular formula is C25H32ClNO. The van der Waals surface area contributed by atoms with Gasteiger partial charge in [-0.25, -0.2) is 0 Å². The SMILES string of the molecule is CC(C)(C)[C@]1(O)CCN2CC3c4ccccc4CCc4cccc(c43)[C@@H]2C1.Cl. The second kappa shape index (κ2) is 6.86. The number of hydrogen-bond donors (Lipinski definition) is 1. The molecule has 1 saturated heterocycles. The summed E-state index contributed by atoms with van der Waals surface area (Å²) in [6.07, 6.45) is 3.99. The molecule has 0 aromatic heterocycles. The van der Waals surface area contributed by atoms with Gasteiger partial charge in [-0.1, -0.05) is 63.2 Å². The van der Waals surface area contributed by atoms with Gasteiger partial charge in [0.1, 0.15) is 0 Å². The molecule has 2 aliphatic heterocycles. The highest BCUT2D eigenvalue weighted by Gasteiger charge is 2.49. The summed E-state index contributed by atoms with van der Waals surface area (Å²) < 4.78 is 0. The van der Waals surface area contributed by atoms with Gasteiger partial charge in [0.15, 0.2) is 0 Å². The van der Waals surface area contributed by atoms with E-state index in [1.165, 1.54) is 22.3 Å².